The van der Waals surface area contributed by atoms with Gasteiger partial charge in [-0.2, -0.15) is 5.10 Å². The van der Waals surface area contributed by atoms with Crippen molar-refractivity contribution < 1.29 is 4.79 Å². The first-order valence-corrected chi connectivity index (χ1v) is 6.46. The van der Waals surface area contributed by atoms with Crippen molar-refractivity contribution in [1.29, 1.82) is 0 Å². The zero-order valence-corrected chi connectivity index (χ0v) is 12.2. The Balaban J connectivity index is 2.58. The number of carbonyl (C=O) groups is 1. The summed E-state index contributed by atoms with van der Waals surface area (Å²) in [6, 6.07) is 6.16. The van der Waals surface area contributed by atoms with E-state index in [0.29, 0.717) is 5.56 Å². The molecule has 1 heterocycles. The Hall–Kier alpha value is -1.90. The molecule has 0 amide bonds. The monoisotopic (exact) mass is 256 g/mol. The van der Waals surface area contributed by atoms with Gasteiger partial charge in [0.15, 0.2) is 6.29 Å². The second kappa shape index (κ2) is 4.65. The molecule has 0 aliphatic rings. The van der Waals surface area contributed by atoms with Crippen LogP contribution in [0.2, 0.25) is 0 Å². The van der Waals surface area contributed by atoms with E-state index >= 15 is 0 Å². The van der Waals surface area contributed by atoms with Crippen LogP contribution in [0.15, 0.2) is 24.4 Å². The Morgan fingerprint density at radius 1 is 1.16 bits per heavy atom. The Morgan fingerprint density at radius 3 is 2.37 bits per heavy atom. The number of carbonyl (C=O) groups excluding carboxylic acids is 1. The normalized spacial score (nSPS) is 11.6. The largest absolute Gasteiger partial charge is 0.298 e. The SMILES string of the molecule is Cc1ccc(-c2nn(C(C)(C)C)cc2C=O)cc1C. The van der Waals surface area contributed by atoms with E-state index in [1.165, 1.54) is 11.1 Å². The number of hydrogen-bond acceptors (Lipinski definition) is 2. The quantitative estimate of drug-likeness (QED) is 0.767. The zero-order valence-electron chi connectivity index (χ0n) is 12.2. The van der Waals surface area contributed by atoms with Gasteiger partial charge in [0, 0.05) is 11.8 Å². The van der Waals surface area contributed by atoms with Crippen LogP contribution in [0.1, 0.15) is 42.3 Å². The molecule has 0 aliphatic heterocycles. The van der Waals surface area contributed by atoms with E-state index in [-0.39, 0.29) is 5.54 Å². The summed E-state index contributed by atoms with van der Waals surface area (Å²) in [5, 5.41) is 4.58. The van der Waals surface area contributed by atoms with Gasteiger partial charge in [0.2, 0.25) is 0 Å². The third-order valence-corrected chi connectivity index (χ3v) is 3.34. The van der Waals surface area contributed by atoms with Crippen LogP contribution < -0.4 is 0 Å². The maximum absolute atomic E-state index is 11.2. The molecule has 0 saturated carbocycles. The second-order valence-corrected chi connectivity index (χ2v) is 5.97. The first-order valence-electron chi connectivity index (χ1n) is 6.46. The number of hydrogen-bond donors (Lipinski definition) is 0. The topological polar surface area (TPSA) is 34.9 Å². The summed E-state index contributed by atoms with van der Waals surface area (Å²) in [5.74, 6) is 0. The lowest BCUT2D eigenvalue weighted by molar-refractivity contribution is 0.112. The van der Waals surface area contributed by atoms with Crippen LogP contribution in [0.3, 0.4) is 0 Å². The van der Waals surface area contributed by atoms with Gasteiger partial charge in [0.25, 0.3) is 0 Å². The highest BCUT2D eigenvalue weighted by molar-refractivity contribution is 5.85. The smallest absolute Gasteiger partial charge is 0.153 e. The van der Waals surface area contributed by atoms with Crippen LogP contribution in [-0.2, 0) is 5.54 Å². The van der Waals surface area contributed by atoms with E-state index in [1.54, 1.807) is 0 Å². The third-order valence-electron chi connectivity index (χ3n) is 3.34. The van der Waals surface area contributed by atoms with Crippen molar-refractivity contribution in [3.8, 4) is 11.3 Å². The first kappa shape index (κ1) is 13.5. The molecule has 0 saturated heterocycles. The van der Waals surface area contributed by atoms with Crippen molar-refractivity contribution in [2.75, 3.05) is 0 Å². The van der Waals surface area contributed by atoms with Crippen molar-refractivity contribution in [3.63, 3.8) is 0 Å². The van der Waals surface area contributed by atoms with Crippen molar-refractivity contribution >= 4 is 6.29 Å². The van der Waals surface area contributed by atoms with Crippen LogP contribution in [0.4, 0.5) is 0 Å². The minimum Gasteiger partial charge on any atom is -0.298 e. The van der Waals surface area contributed by atoms with Crippen molar-refractivity contribution in [2.24, 2.45) is 0 Å². The Morgan fingerprint density at radius 2 is 1.84 bits per heavy atom. The van der Waals surface area contributed by atoms with E-state index in [4.69, 9.17) is 0 Å². The molecular formula is C16H20N2O. The number of benzene rings is 1. The molecule has 0 N–H and O–H groups in total. The molecule has 0 aliphatic carbocycles. The molecule has 1 aromatic carbocycles. The fraction of sp³-hybridized carbons (Fsp3) is 0.375. The van der Waals surface area contributed by atoms with E-state index in [9.17, 15) is 4.79 Å². The maximum atomic E-state index is 11.2. The molecule has 0 radical (unpaired) electrons. The van der Waals surface area contributed by atoms with Gasteiger partial charge >= 0.3 is 0 Å². The molecule has 0 spiro atoms. The molecular weight excluding hydrogens is 236 g/mol. The summed E-state index contributed by atoms with van der Waals surface area (Å²) in [7, 11) is 0. The molecule has 3 heteroatoms. The number of aldehydes is 1. The summed E-state index contributed by atoms with van der Waals surface area (Å²) < 4.78 is 1.85. The van der Waals surface area contributed by atoms with Gasteiger partial charge in [-0.15, -0.1) is 0 Å². The van der Waals surface area contributed by atoms with Gasteiger partial charge in [0.1, 0.15) is 5.69 Å². The molecule has 0 unspecified atom stereocenters. The highest BCUT2D eigenvalue weighted by Gasteiger charge is 2.18. The number of aryl methyl sites for hydroxylation is 2. The molecule has 2 aromatic rings. The Bertz CT molecular complexity index is 618. The van der Waals surface area contributed by atoms with Crippen LogP contribution >= 0.6 is 0 Å². The van der Waals surface area contributed by atoms with Crippen LogP contribution in [0.25, 0.3) is 11.3 Å². The van der Waals surface area contributed by atoms with Gasteiger partial charge in [-0.3, -0.25) is 9.48 Å². The molecule has 0 atom stereocenters. The van der Waals surface area contributed by atoms with Gasteiger partial charge < -0.3 is 0 Å². The highest BCUT2D eigenvalue weighted by atomic mass is 16.1. The predicted octanol–water partition coefficient (Wildman–Crippen LogP) is 3.73. The summed E-state index contributed by atoms with van der Waals surface area (Å²) in [4.78, 5) is 11.2. The molecule has 1 aromatic heterocycles. The van der Waals surface area contributed by atoms with E-state index in [2.05, 4.69) is 51.9 Å². The second-order valence-electron chi connectivity index (χ2n) is 5.97. The van der Waals surface area contributed by atoms with Gasteiger partial charge in [-0.1, -0.05) is 12.1 Å². The number of aromatic nitrogens is 2. The van der Waals surface area contributed by atoms with Crippen molar-refractivity contribution in [1.82, 2.24) is 9.78 Å². The van der Waals surface area contributed by atoms with Gasteiger partial charge in [0.05, 0.1) is 11.1 Å². The molecule has 19 heavy (non-hydrogen) atoms. The van der Waals surface area contributed by atoms with E-state index < -0.39 is 0 Å². The molecule has 0 fully saturated rings. The van der Waals surface area contributed by atoms with Crippen molar-refractivity contribution in [3.05, 3.63) is 41.1 Å². The first-order chi connectivity index (χ1) is 8.82. The summed E-state index contributed by atoms with van der Waals surface area (Å²) >= 11 is 0. The fourth-order valence-corrected chi connectivity index (χ4v) is 1.93. The maximum Gasteiger partial charge on any atom is 0.153 e. The minimum absolute atomic E-state index is 0.129. The Labute approximate surface area is 114 Å². The van der Waals surface area contributed by atoms with E-state index in [0.717, 1.165) is 17.5 Å². The van der Waals surface area contributed by atoms with Crippen LogP contribution in [-0.4, -0.2) is 16.1 Å². The molecule has 0 bridgehead atoms. The summed E-state index contributed by atoms with van der Waals surface area (Å²) in [5.41, 5.74) is 4.71. The fourth-order valence-electron chi connectivity index (χ4n) is 1.93. The van der Waals surface area contributed by atoms with Crippen LogP contribution in [0, 0.1) is 13.8 Å². The number of rotatable bonds is 2. The third kappa shape index (κ3) is 2.60. The average Bonchev–Trinajstić information content (AvgIpc) is 2.76. The lowest BCUT2D eigenvalue weighted by Crippen LogP contribution is -2.22. The molecule has 100 valence electrons. The van der Waals surface area contributed by atoms with Gasteiger partial charge in [-0.25, -0.2) is 0 Å². The predicted molar refractivity (Wildman–Crippen MR) is 77.5 cm³/mol. The minimum atomic E-state index is -0.129. The number of nitrogens with zero attached hydrogens (tertiary/aromatic N) is 2. The molecule has 3 nitrogen and oxygen atoms in total. The summed E-state index contributed by atoms with van der Waals surface area (Å²) in [6.07, 6.45) is 2.69. The average molecular weight is 256 g/mol. The highest BCUT2D eigenvalue weighted by Crippen LogP contribution is 2.25. The molecule has 2 rings (SSSR count). The lowest BCUT2D eigenvalue weighted by Gasteiger charge is -2.18. The zero-order chi connectivity index (χ0) is 14.2. The van der Waals surface area contributed by atoms with Crippen molar-refractivity contribution in [2.45, 2.75) is 40.2 Å². The van der Waals surface area contributed by atoms with Gasteiger partial charge in [-0.05, 0) is 51.8 Å². The standard InChI is InChI=1S/C16H20N2O/c1-11-6-7-13(8-12(11)2)15-14(10-19)9-18(17-15)16(3,4)5/h6-10H,1-5H3. The van der Waals surface area contributed by atoms with E-state index in [1.807, 2.05) is 16.9 Å². The lowest BCUT2D eigenvalue weighted by atomic mass is 10.0. The summed E-state index contributed by atoms with van der Waals surface area (Å²) in [6.45, 7) is 10.4. The Kier molecular flexibility index (Phi) is 3.31. The van der Waals surface area contributed by atoms with Crippen LogP contribution in [0.5, 0.6) is 0 Å².